The maximum absolute atomic E-state index is 10.5. The summed E-state index contributed by atoms with van der Waals surface area (Å²) < 4.78 is 12.0. The number of rotatable bonds is 7. The van der Waals surface area contributed by atoms with Crippen molar-refractivity contribution in [2.45, 2.75) is 37.2 Å². The van der Waals surface area contributed by atoms with Crippen molar-refractivity contribution < 1.29 is 24.8 Å². The molecular formula is C23H28Cl2N2O5. The lowest BCUT2D eigenvalue weighted by molar-refractivity contribution is -0.00221. The number of benzene rings is 2. The van der Waals surface area contributed by atoms with Gasteiger partial charge in [0.2, 0.25) is 0 Å². The summed E-state index contributed by atoms with van der Waals surface area (Å²) in [6.45, 7) is 2.10. The summed E-state index contributed by atoms with van der Waals surface area (Å²) >= 11 is 12.1. The summed E-state index contributed by atoms with van der Waals surface area (Å²) in [5, 5.41) is 34.1. The molecule has 4 N–H and O–H groups in total. The second-order valence-corrected chi connectivity index (χ2v) is 9.36. The van der Waals surface area contributed by atoms with Gasteiger partial charge in [0, 0.05) is 55.5 Å². The van der Waals surface area contributed by atoms with Crippen LogP contribution in [0.3, 0.4) is 0 Å². The first kappa shape index (κ1) is 23.4. The van der Waals surface area contributed by atoms with Gasteiger partial charge in [-0.25, -0.2) is 0 Å². The van der Waals surface area contributed by atoms with E-state index >= 15 is 0 Å². The summed E-state index contributed by atoms with van der Waals surface area (Å²) in [6, 6.07) is 8.56. The van der Waals surface area contributed by atoms with Gasteiger partial charge >= 0.3 is 0 Å². The topological polar surface area (TPSA) is 94.4 Å². The Hall–Kier alpha value is -1.74. The van der Waals surface area contributed by atoms with Crippen LogP contribution in [0.15, 0.2) is 30.3 Å². The molecule has 0 aliphatic carbocycles. The van der Waals surface area contributed by atoms with Crippen molar-refractivity contribution >= 4 is 23.2 Å². The van der Waals surface area contributed by atoms with Gasteiger partial charge in [-0.1, -0.05) is 23.2 Å². The average molecular weight is 483 g/mol. The molecule has 1 spiro atoms. The molecule has 2 aromatic carbocycles. The molecule has 2 aliphatic heterocycles. The number of piperidine rings is 1. The fourth-order valence-electron chi connectivity index (χ4n) is 4.41. The molecule has 32 heavy (non-hydrogen) atoms. The Morgan fingerprint density at radius 2 is 1.94 bits per heavy atom. The number of hydrogen-bond acceptors (Lipinski definition) is 7. The van der Waals surface area contributed by atoms with E-state index in [9.17, 15) is 15.3 Å². The molecule has 1 fully saturated rings. The van der Waals surface area contributed by atoms with E-state index in [4.69, 9.17) is 32.7 Å². The minimum atomic E-state index is -1.01. The number of hydrogen-bond donors (Lipinski definition) is 4. The zero-order valence-electron chi connectivity index (χ0n) is 17.9. The third kappa shape index (κ3) is 5.09. The number of aromatic hydroxyl groups is 1. The summed E-state index contributed by atoms with van der Waals surface area (Å²) in [4.78, 5) is 2.20. The third-order valence-corrected chi connectivity index (χ3v) is 6.71. The normalized spacial score (nSPS) is 19.4. The summed E-state index contributed by atoms with van der Waals surface area (Å²) in [5.41, 5.74) is 1.36. The van der Waals surface area contributed by atoms with Gasteiger partial charge in [-0.3, -0.25) is 5.32 Å². The molecule has 0 aromatic heterocycles. The minimum Gasteiger partial charge on any atom is -0.506 e. The second kappa shape index (κ2) is 9.63. The molecule has 0 amide bonds. The number of halogens is 2. The molecule has 2 aliphatic rings. The predicted molar refractivity (Wildman–Crippen MR) is 123 cm³/mol. The number of fused-ring (bicyclic) bond motifs is 1. The Morgan fingerprint density at radius 1 is 1.19 bits per heavy atom. The largest absolute Gasteiger partial charge is 0.506 e. The van der Waals surface area contributed by atoms with Crippen LogP contribution in [0.1, 0.15) is 30.2 Å². The lowest BCUT2D eigenvalue weighted by Crippen LogP contribution is -2.49. The van der Waals surface area contributed by atoms with Crippen LogP contribution in [0.4, 0.5) is 0 Å². The fraction of sp³-hybridized carbons (Fsp3) is 0.478. The lowest BCUT2D eigenvalue weighted by Gasteiger charge is -2.39. The van der Waals surface area contributed by atoms with Crippen LogP contribution in [-0.2, 0) is 6.42 Å². The fourth-order valence-corrected chi connectivity index (χ4v) is 4.78. The number of phenolic OH excluding ortho intramolecular Hbond substituents is 1. The minimum absolute atomic E-state index is 0.0204. The number of likely N-dealkylation sites (tertiary alicyclic amines) is 1. The SMILES string of the molecule is CN[C@H](O)c1cc(Cl)c(O)cc1OC[C@@H](O)CN1CCC2(CC1)Cc1cc(Cl)ccc1O2. The molecule has 1 saturated heterocycles. The summed E-state index contributed by atoms with van der Waals surface area (Å²) in [6.07, 6.45) is 0.859. The van der Waals surface area contributed by atoms with E-state index in [0.717, 1.165) is 48.7 Å². The number of aliphatic hydroxyl groups excluding tert-OH is 2. The van der Waals surface area contributed by atoms with Gasteiger partial charge in [0.1, 0.15) is 41.8 Å². The van der Waals surface area contributed by atoms with E-state index < -0.39 is 12.3 Å². The lowest BCUT2D eigenvalue weighted by atomic mass is 9.87. The molecule has 174 valence electrons. The van der Waals surface area contributed by atoms with Crippen LogP contribution in [0.2, 0.25) is 10.0 Å². The van der Waals surface area contributed by atoms with Crippen LogP contribution in [0.25, 0.3) is 0 Å². The van der Waals surface area contributed by atoms with E-state index in [1.54, 1.807) is 7.05 Å². The highest BCUT2D eigenvalue weighted by Gasteiger charge is 2.42. The molecule has 7 nitrogen and oxygen atoms in total. The number of β-amino-alcohol motifs (C(OH)–C–C–N with tert-alkyl or cyclic N) is 1. The van der Waals surface area contributed by atoms with Gasteiger partial charge in [0.05, 0.1) is 5.02 Å². The van der Waals surface area contributed by atoms with Gasteiger partial charge in [0.15, 0.2) is 0 Å². The highest BCUT2D eigenvalue weighted by atomic mass is 35.5. The molecule has 9 heteroatoms. The van der Waals surface area contributed by atoms with Crippen molar-refractivity contribution in [1.29, 1.82) is 0 Å². The molecular weight excluding hydrogens is 455 g/mol. The van der Waals surface area contributed by atoms with E-state index in [2.05, 4.69) is 10.2 Å². The van der Waals surface area contributed by atoms with E-state index in [-0.39, 0.29) is 28.7 Å². The van der Waals surface area contributed by atoms with E-state index in [1.807, 2.05) is 18.2 Å². The number of ether oxygens (including phenoxy) is 2. The van der Waals surface area contributed by atoms with Crippen molar-refractivity contribution in [3.63, 3.8) is 0 Å². The summed E-state index contributed by atoms with van der Waals surface area (Å²) in [5.74, 6) is 1.03. The first-order valence-electron chi connectivity index (χ1n) is 10.7. The van der Waals surface area contributed by atoms with E-state index in [1.165, 1.54) is 12.1 Å². The first-order valence-corrected chi connectivity index (χ1v) is 11.4. The van der Waals surface area contributed by atoms with Crippen LogP contribution < -0.4 is 14.8 Å². The second-order valence-electron chi connectivity index (χ2n) is 8.51. The Kier molecular flexibility index (Phi) is 7.05. The molecule has 0 bridgehead atoms. The van der Waals surface area contributed by atoms with Crippen molar-refractivity contribution in [3.05, 3.63) is 51.5 Å². The Morgan fingerprint density at radius 3 is 2.66 bits per heavy atom. The van der Waals surface area contributed by atoms with Crippen molar-refractivity contribution in [1.82, 2.24) is 10.2 Å². The Bertz CT molecular complexity index is 966. The zero-order valence-corrected chi connectivity index (χ0v) is 19.4. The molecule has 2 atom stereocenters. The monoisotopic (exact) mass is 482 g/mol. The molecule has 0 unspecified atom stereocenters. The van der Waals surface area contributed by atoms with Crippen LogP contribution in [0.5, 0.6) is 17.2 Å². The van der Waals surface area contributed by atoms with Crippen molar-refractivity contribution in [3.8, 4) is 17.2 Å². The summed E-state index contributed by atoms with van der Waals surface area (Å²) in [7, 11) is 1.59. The van der Waals surface area contributed by atoms with Gasteiger partial charge in [0.25, 0.3) is 0 Å². The van der Waals surface area contributed by atoms with Gasteiger partial charge in [-0.15, -0.1) is 0 Å². The smallest absolute Gasteiger partial charge is 0.137 e. The maximum Gasteiger partial charge on any atom is 0.137 e. The van der Waals surface area contributed by atoms with Gasteiger partial charge in [-0.2, -0.15) is 0 Å². The number of nitrogens with zero attached hydrogens (tertiary/aromatic N) is 1. The molecule has 2 heterocycles. The average Bonchev–Trinajstić information content (AvgIpc) is 3.12. The quantitative estimate of drug-likeness (QED) is 0.450. The molecule has 2 aromatic rings. The standard InChI is InChI=1S/C23H28Cl2N2O5/c1-26-22(30)17-9-18(25)19(29)10-21(17)31-13-16(28)12-27-6-4-23(5-7-27)11-14-8-15(24)2-3-20(14)32-23/h2-3,8-10,16,22,26,28-30H,4-7,11-13H2,1H3/t16-,22+/m0/s1. The van der Waals surface area contributed by atoms with Crippen molar-refractivity contribution in [2.24, 2.45) is 0 Å². The Labute approximate surface area is 197 Å². The molecule has 0 radical (unpaired) electrons. The van der Waals surface area contributed by atoms with Crippen LogP contribution in [0, 0.1) is 0 Å². The maximum atomic E-state index is 10.5. The first-order chi connectivity index (χ1) is 15.3. The molecule has 4 rings (SSSR count). The Balaban J connectivity index is 1.29. The van der Waals surface area contributed by atoms with Gasteiger partial charge in [-0.05, 0) is 36.9 Å². The van der Waals surface area contributed by atoms with E-state index in [0.29, 0.717) is 12.1 Å². The number of nitrogens with one attached hydrogen (secondary N) is 1. The molecule has 0 saturated carbocycles. The number of aliphatic hydroxyl groups is 2. The predicted octanol–water partition coefficient (Wildman–Crippen LogP) is 3.12. The van der Waals surface area contributed by atoms with Crippen molar-refractivity contribution in [2.75, 3.05) is 33.3 Å². The van der Waals surface area contributed by atoms with Crippen LogP contribution >= 0.6 is 23.2 Å². The highest BCUT2D eigenvalue weighted by Crippen LogP contribution is 2.42. The third-order valence-electron chi connectivity index (χ3n) is 6.18. The van der Waals surface area contributed by atoms with Gasteiger partial charge < -0.3 is 29.7 Å². The number of phenols is 1. The zero-order chi connectivity index (χ0) is 22.9. The van der Waals surface area contributed by atoms with Crippen LogP contribution in [-0.4, -0.2) is 65.2 Å². The highest BCUT2D eigenvalue weighted by molar-refractivity contribution is 6.32.